The van der Waals surface area contributed by atoms with Crippen molar-refractivity contribution in [1.82, 2.24) is 10.3 Å². The van der Waals surface area contributed by atoms with Crippen molar-refractivity contribution < 1.29 is 4.79 Å². The molecule has 0 radical (unpaired) electrons. The molecule has 1 amide bonds. The molecule has 20 heavy (non-hydrogen) atoms. The van der Waals surface area contributed by atoms with Crippen molar-refractivity contribution in [3.05, 3.63) is 35.5 Å². The van der Waals surface area contributed by atoms with Crippen molar-refractivity contribution in [2.24, 2.45) is 5.73 Å². The lowest BCUT2D eigenvalue weighted by atomic mass is 10.1. The van der Waals surface area contributed by atoms with E-state index in [4.69, 9.17) is 5.73 Å². The predicted molar refractivity (Wildman–Crippen MR) is 82.6 cm³/mol. The first kappa shape index (κ1) is 14.6. The Morgan fingerprint density at radius 3 is 3.00 bits per heavy atom. The van der Waals surface area contributed by atoms with E-state index in [2.05, 4.69) is 35.4 Å². The van der Waals surface area contributed by atoms with E-state index < -0.39 is 0 Å². The number of para-hydroxylation sites is 1. The number of nitrogens with two attached hydrogens (primary N) is 1. The molecule has 0 aliphatic carbocycles. The average molecular weight is 273 g/mol. The topological polar surface area (TPSA) is 70.9 Å². The molecule has 2 rings (SSSR count). The first-order valence-electron chi connectivity index (χ1n) is 7.16. The summed E-state index contributed by atoms with van der Waals surface area (Å²) in [7, 11) is 0. The van der Waals surface area contributed by atoms with Gasteiger partial charge >= 0.3 is 0 Å². The molecule has 1 unspecified atom stereocenters. The number of aromatic nitrogens is 1. The van der Waals surface area contributed by atoms with Gasteiger partial charge in [-0.15, -0.1) is 0 Å². The van der Waals surface area contributed by atoms with Crippen LogP contribution in [0.25, 0.3) is 10.9 Å². The third kappa shape index (κ3) is 3.61. The van der Waals surface area contributed by atoms with Crippen LogP contribution >= 0.6 is 0 Å². The molecule has 1 aromatic carbocycles. The molecule has 0 aliphatic heterocycles. The Morgan fingerprint density at radius 1 is 1.45 bits per heavy atom. The van der Waals surface area contributed by atoms with E-state index in [9.17, 15) is 4.79 Å². The molecule has 4 heteroatoms. The summed E-state index contributed by atoms with van der Waals surface area (Å²) < 4.78 is 0. The number of nitrogens with one attached hydrogen (secondary N) is 2. The molecule has 0 spiro atoms. The maximum absolute atomic E-state index is 11.6. The molecular weight excluding hydrogens is 250 g/mol. The van der Waals surface area contributed by atoms with Gasteiger partial charge < -0.3 is 16.0 Å². The first-order chi connectivity index (χ1) is 9.58. The molecule has 0 bridgehead atoms. The first-order valence-corrected chi connectivity index (χ1v) is 7.16. The quantitative estimate of drug-likeness (QED) is 0.755. The summed E-state index contributed by atoms with van der Waals surface area (Å²) in [4.78, 5) is 14.9. The van der Waals surface area contributed by atoms with Crippen LogP contribution in [0.5, 0.6) is 0 Å². The number of benzene rings is 1. The summed E-state index contributed by atoms with van der Waals surface area (Å²) in [5.41, 5.74) is 9.32. The van der Waals surface area contributed by atoms with Crippen LogP contribution in [0.3, 0.4) is 0 Å². The molecule has 0 saturated heterocycles. The van der Waals surface area contributed by atoms with Gasteiger partial charge in [0, 0.05) is 36.1 Å². The second-order valence-electron chi connectivity index (χ2n) is 5.43. The molecule has 1 aromatic heterocycles. The van der Waals surface area contributed by atoms with Crippen molar-refractivity contribution >= 4 is 16.8 Å². The molecule has 1 heterocycles. The van der Waals surface area contributed by atoms with E-state index in [0.717, 1.165) is 12.8 Å². The average Bonchev–Trinajstić information content (AvgIpc) is 2.81. The van der Waals surface area contributed by atoms with E-state index in [-0.39, 0.29) is 11.9 Å². The normalized spacial score (nSPS) is 12.6. The van der Waals surface area contributed by atoms with Crippen LogP contribution in [0, 0.1) is 6.92 Å². The lowest BCUT2D eigenvalue weighted by molar-refractivity contribution is -0.121. The minimum Gasteiger partial charge on any atom is -0.361 e. The minimum atomic E-state index is 0.0809. The lowest BCUT2D eigenvalue weighted by Gasteiger charge is -2.06. The molecule has 4 nitrogen and oxygen atoms in total. The third-order valence-electron chi connectivity index (χ3n) is 3.55. The van der Waals surface area contributed by atoms with E-state index in [1.807, 2.05) is 13.1 Å². The van der Waals surface area contributed by atoms with Crippen LogP contribution in [0.1, 0.15) is 30.9 Å². The molecule has 4 N–H and O–H groups in total. The third-order valence-corrected chi connectivity index (χ3v) is 3.55. The second-order valence-corrected chi connectivity index (χ2v) is 5.43. The summed E-state index contributed by atoms with van der Waals surface area (Å²) >= 11 is 0. The van der Waals surface area contributed by atoms with Gasteiger partial charge in [0.1, 0.15) is 0 Å². The summed E-state index contributed by atoms with van der Waals surface area (Å²) in [6, 6.07) is 6.36. The zero-order valence-electron chi connectivity index (χ0n) is 12.2. The van der Waals surface area contributed by atoms with Crippen molar-refractivity contribution in [3.63, 3.8) is 0 Å². The molecule has 2 aromatic rings. The van der Waals surface area contributed by atoms with Gasteiger partial charge in [0.2, 0.25) is 5.91 Å². The van der Waals surface area contributed by atoms with Crippen molar-refractivity contribution in [2.45, 2.75) is 39.2 Å². The van der Waals surface area contributed by atoms with Crippen LogP contribution in [-0.2, 0) is 11.2 Å². The van der Waals surface area contributed by atoms with Gasteiger partial charge in [0.15, 0.2) is 0 Å². The maximum Gasteiger partial charge on any atom is 0.220 e. The highest BCUT2D eigenvalue weighted by Gasteiger charge is 2.06. The van der Waals surface area contributed by atoms with Gasteiger partial charge in [-0.3, -0.25) is 4.79 Å². The predicted octanol–water partition coefficient (Wildman–Crippen LogP) is 2.26. The summed E-state index contributed by atoms with van der Waals surface area (Å²) in [5.74, 6) is 0.0818. The number of carbonyl (C=O) groups is 1. The fraction of sp³-hybridized carbons (Fsp3) is 0.438. The van der Waals surface area contributed by atoms with Crippen LogP contribution in [0.2, 0.25) is 0 Å². The Bertz CT molecular complexity index is 586. The molecule has 1 atom stereocenters. The Balaban J connectivity index is 1.87. The van der Waals surface area contributed by atoms with Crippen molar-refractivity contribution in [1.29, 1.82) is 0 Å². The van der Waals surface area contributed by atoms with Crippen LogP contribution in [0.15, 0.2) is 24.4 Å². The van der Waals surface area contributed by atoms with Crippen LogP contribution in [0.4, 0.5) is 0 Å². The SMILES string of the molecule is Cc1cccc2c(CCNC(=O)CCC(C)N)c[nH]c12. The van der Waals surface area contributed by atoms with E-state index in [1.165, 1.54) is 22.0 Å². The maximum atomic E-state index is 11.6. The largest absolute Gasteiger partial charge is 0.361 e. The number of aromatic amines is 1. The standard InChI is InChI=1S/C16H23N3O/c1-11-4-3-5-14-13(10-19-16(11)14)8-9-18-15(20)7-6-12(2)17/h3-5,10,12,19H,6-9,17H2,1-2H3,(H,18,20). The minimum absolute atomic E-state index is 0.0809. The number of fused-ring (bicyclic) bond motifs is 1. The Hall–Kier alpha value is -1.81. The number of aryl methyl sites for hydroxylation is 1. The molecular formula is C16H23N3O. The fourth-order valence-electron chi connectivity index (χ4n) is 2.35. The van der Waals surface area contributed by atoms with Gasteiger partial charge in [-0.1, -0.05) is 18.2 Å². The number of rotatable bonds is 6. The second kappa shape index (κ2) is 6.57. The summed E-state index contributed by atoms with van der Waals surface area (Å²) in [5, 5.41) is 4.19. The van der Waals surface area contributed by atoms with Crippen molar-refractivity contribution in [3.8, 4) is 0 Å². The van der Waals surface area contributed by atoms with Gasteiger partial charge in [-0.25, -0.2) is 0 Å². The summed E-state index contributed by atoms with van der Waals surface area (Å²) in [6.45, 7) is 4.68. The van der Waals surface area contributed by atoms with Crippen molar-refractivity contribution in [2.75, 3.05) is 6.54 Å². The van der Waals surface area contributed by atoms with E-state index >= 15 is 0 Å². The monoisotopic (exact) mass is 273 g/mol. The smallest absolute Gasteiger partial charge is 0.220 e. The number of H-pyrrole nitrogens is 1. The van der Waals surface area contributed by atoms with Gasteiger partial charge in [-0.2, -0.15) is 0 Å². The highest BCUT2D eigenvalue weighted by Crippen LogP contribution is 2.21. The van der Waals surface area contributed by atoms with Gasteiger partial charge in [0.05, 0.1) is 0 Å². The number of carbonyl (C=O) groups excluding carboxylic acids is 1. The number of hydrogen-bond donors (Lipinski definition) is 3. The van der Waals surface area contributed by atoms with Crippen LogP contribution in [-0.4, -0.2) is 23.5 Å². The lowest BCUT2D eigenvalue weighted by Crippen LogP contribution is -2.27. The van der Waals surface area contributed by atoms with E-state index in [1.54, 1.807) is 0 Å². The summed E-state index contributed by atoms with van der Waals surface area (Å²) in [6.07, 6.45) is 4.11. The van der Waals surface area contributed by atoms with E-state index in [0.29, 0.717) is 13.0 Å². The molecule has 108 valence electrons. The Labute approximate surface area is 119 Å². The van der Waals surface area contributed by atoms with Gasteiger partial charge in [-0.05, 0) is 37.8 Å². The number of hydrogen-bond acceptors (Lipinski definition) is 2. The molecule has 0 saturated carbocycles. The zero-order chi connectivity index (χ0) is 14.5. The highest BCUT2D eigenvalue weighted by molar-refractivity contribution is 5.86. The Kier molecular flexibility index (Phi) is 4.79. The van der Waals surface area contributed by atoms with Crippen LogP contribution < -0.4 is 11.1 Å². The van der Waals surface area contributed by atoms with Gasteiger partial charge in [0.25, 0.3) is 0 Å². The molecule has 0 fully saturated rings. The highest BCUT2D eigenvalue weighted by atomic mass is 16.1. The molecule has 0 aliphatic rings. The zero-order valence-corrected chi connectivity index (χ0v) is 12.2. The Morgan fingerprint density at radius 2 is 2.25 bits per heavy atom. The number of amides is 1. The fourth-order valence-corrected chi connectivity index (χ4v) is 2.35.